The fourth-order valence-electron chi connectivity index (χ4n) is 1.17. The van der Waals surface area contributed by atoms with Gasteiger partial charge in [-0.15, -0.1) is 0 Å². The van der Waals surface area contributed by atoms with Crippen LogP contribution in [0.2, 0.25) is 0 Å². The molecule has 1 heterocycles. The Morgan fingerprint density at radius 2 is 2.18 bits per heavy atom. The van der Waals surface area contributed by atoms with E-state index in [-0.39, 0.29) is 5.97 Å². The van der Waals surface area contributed by atoms with Crippen molar-refractivity contribution in [1.29, 1.82) is 0 Å². The van der Waals surface area contributed by atoms with Gasteiger partial charge in [0.05, 0.1) is 5.56 Å². The number of carbonyl (C=O) groups excluding carboxylic acids is 2. The number of hydrogen-bond donors (Lipinski definition) is 0. The second-order valence-electron chi connectivity index (χ2n) is 3.45. The van der Waals surface area contributed by atoms with Crippen LogP contribution in [0.15, 0.2) is 24.5 Å². The molecule has 5 heteroatoms. The quantitative estimate of drug-likeness (QED) is 0.578. The van der Waals surface area contributed by atoms with E-state index in [0.29, 0.717) is 18.4 Å². The summed E-state index contributed by atoms with van der Waals surface area (Å²) in [5.41, 5.74) is 0.325. The van der Waals surface area contributed by atoms with Gasteiger partial charge in [0.2, 0.25) is 6.29 Å². The summed E-state index contributed by atoms with van der Waals surface area (Å²) in [5.74, 6) is -0.936. The average Bonchev–Trinajstić information content (AvgIpc) is 2.30. The average molecular weight is 237 g/mol. The Kier molecular flexibility index (Phi) is 5.13. The minimum Gasteiger partial charge on any atom is -0.425 e. The molecule has 0 amide bonds. The van der Waals surface area contributed by atoms with Crippen LogP contribution in [0, 0.1) is 0 Å². The molecule has 1 rings (SSSR count). The van der Waals surface area contributed by atoms with Crippen LogP contribution in [0.25, 0.3) is 0 Å². The molecule has 0 aliphatic carbocycles. The number of pyridine rings is 1. The Morgan fingerprint density at radius 3 is 2.76 bits per heavy atom. The van der Waals surface area contributed by atoms with Crippen LogP contribution in [0.5, 0.6) is 0 Å². The van der Waals surface area contributed by atoms with Crippen LogP contribution >= 0.6 is 0 Å². The maximum absolute atomic E-state index is 11.5. The van der Waals surface area contributed by atoms with E-state index in [1.54, 1.807) is 18.3 Å². The first-order chi connectivity index (χ1) is 8.13. The van der Waals surface area contributed by atoms with Gasteiger partial charge in [-0.2, -0.15) is 0 Å². The third-order valence-electron chi connectivity index (χ3n) is 1.92. The van der Waals surface area contributed by atoms with Crippen LogP contribution < -0.4 is 0 Å². The summed E-state index contributed by atoms with van der Waals surface area (Å²) in [6, 6.07) is 3.21. The highest BCUT2D eigenvalue weighted by Crippen LogP contribution is 2.04. The number of rotatable bonds is 5. The van der Waals surface area contributed by atoms with Crippen molar-refractivity contribution in [2.45, 2.75) is 33.0 Å². The number of ether oxygens (including phenoxy) is 2. The van der Waals surface area contributed by atoms with E-state index in [4.69, 9.17) is 9.47 Å². The largest absolute Gasteiger partial charge is 0.425 e. The van der Waals surface area contributed by atoms with Crippen molar-refractivity contribution in [2.24, 2.45) is 0 Å². The highest BCUT2D eigenvalue weighted by atomic mass is 16.7. The Hall–Kier alpha value is -1.91. The summed E-state index contributed by atoms with van der Waals surface area (Å²) in [7, 11) is 0. The predicted octanol–water partition coefficient (Wildman–Crippen LogP) is 1.93. The highest BCUT2D eigenvalue weighted by Gasteiger charge is 2.14. The fourth-order valence-corrected chi connectivity index (χ4v) is 1.17. The van der Waals surface area contributed by atoms with Gasteiger partial charge in [-0.3, -0.25) is 9.78 Å². The molecule has 1 aromatic rings. The summed E-state index contributed by atoms with van der Waals surface area (Å²) < 4.78 is 9.81. The predicted molar refractivity (Wildman–Crippen MR) is 60.1 cm³/mol. The molecule has 17 heavy (non-hydrogen) atoms. The number of hydrogen-bond acceptors (Lipinski definition) is 5. The van der Waals surface area contributed by atoms with Crippen LogP contribution in [-0.4, -0.2) is 23.2 Å². The summed E-state index contributed by atoms with van der Waals surface area (Å²) >= 11 is 0. The minimum absolute atomic E-state index is 0.314. The molecule has 0 saturated carbocycles. The second kappa shape index (κ2) is 6.62. The number of nitrogens with zero attached hydrogens (tertiary/aromatic N) is 1. The van der Waals surface area contributed by atoms with Gasteiger partial charge in [-0.1, -0.05) is 6.92 Å². The first-order valence-corrected chi connectivity index (χ1v) is 5.44. The maximum Gasteiger partial charge on any atom is 0.342 e. The van der Waals surface area contributed by atoms with Crippen molar-refractivity contribution in [3.05, 3.63) is 30.1 Å². The zero-order chi connectivity index (χ0) is 12.7. The first kappa shape index (κ1) is 13.2. The van der Waals surface area contributed by atoms with Crippen LogP contribution in [0.1, 0.15) is 37.0 Å². The van der Waals surface area contributed by atoms with E-state index in [9.17, 15) is 9.59 Å². The van der Waals surface area contributed by atoms with Crippen molar-refractivity contribution in [3.8, 4) is 0 Å². The molecular formula is C12H15NO4. The lowest BCUT2D eigenvalue weighted by Crippen LogP contribution is -2.21. The van der Waals surface area contributed by atoms with E-state index < -0.39 is 12.3 Å². The van der Waals surface area contributed by atoms with Gasteiger partial charge in [-0.25, -0.2) is 4.79 Å². The summed E-state index contributed by atoms with van der Waals surface area (Å²) in [4.78, 5) is 26.5. The van der Waals surface area contributed by atoms with E-state index in [1.165, 1.54) is 13.1 Å². The molecule has 5 nitrogen and oxygen atoms in total. The van der Waals surface area contributed by atoms with Gasteiger partial charge < -0.3 is 9.47 Å². The lowest BCUT2D eigenvalue weighted by Gasteiger charge is -2.13. The smallest absolute Gasteiger partial charge is 0.342 e. The second-order valence-corrected chi connectivity index (χ2v) is 3.45. The molecule has 0 fully saturated rings. The van der Waals surface area contributed by atoms with Crippen molar-refractivity contribution in [2.75, 3.05) is 0 Å². The molecule has 92 valence electrons. The van der Waals surface area contributed by atoms with Crippen LogP contribution in [0.4, 0.5) is 0 Å². The van der Waals surface area contributed by atoms with Gasteiger partial charge in [-0.05, 0) is 18.6 Å². The first-order valence-electron chi connectivity index (χ1n) is 5.44. The Morgan fingerprint density at radius 1 is 1.41 bits per heavy atom. The summed E-state index contributed by atoms with van der Waals surface area (Å²) in [6.07, 6.45) is 3.07. The van der Waals surface area contributed by atoms with Crippen LogP contribution in [-0.2, 0) is 14.3 Å². The van der Waals surface area contributed by atoms with Crippen molar-refractivity contribution in [3.63, 3.8) is 0 Å². The van der Waals surface area contributed by atoms with Crippen molar-refractivity contribution < 1.29 is 19.1 Å². The molecular weight excluding hydrogens is 222 g/mol. The van der Waals surface area contributed by atoms with Gasteiger partial charge in [0.15, 0.2) is 0 Å². The zero-order valence-electron chi connectivity index (χ0n) is 9.88. The summed E-state index contributed by atoms with van der Waals surface area (Å²) in [6.45, 7) is 3.37. The van der Waals surface area contributed by atoms with E-state index >= 15 is 0 Å². The van der Waals surface area contributed by atoms with E-state index in [1.807, 2.05) is 6.92 Å². The number of carbonyl (C=O) groups is 2. The van der Waals surface area contributed by atoms with Gasteiger partial charge in [0.1, 0.15) is 0 Å². The molecule has 0 saturated heterocycles. The third kappa shape index (κ3) is 4.63. The molecule has 0 radical (unpaired) electrons. The normalized spacial score (nSPS) is 11.6. The van der Waals surface area contributed by atoms with Gasteiger partial charge in [0, 0.05) is 25.7 Å². The Balaban J connectivity index is 2.44. The third-order valence-corrected chi connectivity index (χ3v) is 1.92. The SMILES string of the molecule is CCCC(=O)OC(C)OC(=O)c1cccnc1. The number of esters is 2. The fraction of sp³-hybridized carbons (Fsp3) is 0.417. The zero-order valence-corrected chi connectivity index (χ0v) is 9.88. The molecule has 1 atom stereocenters. The summed E-state index contributed by atoms with van der Waals surface area (Å²) in [5, 5.41) is 0. The molecule has 0 bridgehead atoms. The van der Waals surface area contributed by atoms with E-state index in [0.717, 1.165) is 0 Å². The Bertz CT molecular complexity index is 377. The minimum atomic E-state index is -0.887. The van der Waals surface area contributed by atoms with Crippen molar-refractivity contribution >= 4 is 11.9 Å². The molecule has 0 aliphatic heterocycles. The number of aromatic nitrogens is 1. The molecule has 0 spiro atoms. The maximum atomic E-state index is 11.5. The molecule has 0 aromatic carbocycles. The Labute approximate surface area is 99.8 Å². The molecule has 1 aromatic heterocycles. The van der Waals surface area contributed by atoms with Gasteiger partial charge >= 0.3 is 11.9 Å². The molecule has 0 N–H and O–H groups in total. The topological polar surface area (TPSA) is 65.5 Å². The monoisotopic (exact) mass is 237 g/mol. The molecule has 1 unspecified atom stereocenters. The lowest BCUT2D eigenvalue weighted by atomic mass is 10.3. The van der Waals surface area contributed by atoms with E-state index in [2.05, 4.69) is 4.98 Å². The van der Waals surface area contributed by atoms with Crippen molar-refractivity contribution in [1.82, 2.24) is 4.98 Å². The van der Waals surface area contributed by atoms with Gasteiger partial charge in [0.25, 0.3) is 0 Å². The highest BCUT2D eigenvalue weighted by molar-refractivity contribution is 5.89. The molecule has 0 aliphatic rings. The standard InChI is InChI=1S/C12H15NO4/c1-3-5-11(14)16-9(2)17-12(15)10-6-4-7-13-8-10/h4,6-9H,3,5H2,1-2H3. The lowest BCUT2D eigenvalue weighted by molar-refractivity contribution is -0.165. The van der Waals surface area contributed by atoms with Crippen LogP contribution in [0.3, 0.4) is 0 Å².